The van der Waals surface area contributed by atoms with Gasteiger partial charge in [0.25, 0.3) is 0 Å². The van der Waals surface area contributed by atoms with Crippen LogP contribution >= 0.6 is 0 Å². The van der Waals surface area contributed by atoms with Crippen molar-refractivity contribution in [3.63, 3.8) is 0 Å². The summed E-state index contributed by atoms with van der Waals surface area (Å²) in [4.78, 5) is 0. The van der Waals surface area contributed by atoms with E-state index in [0.717, 1.165) is 5.75 Å². The fraction of sp³-hybridized carbons (Fsp3) is 0.368. The minimum atomic E-state index is 0.238. The molecule has 0 fully saturated rings. The first-order valence-corrected chi connectivity index (χ1v) is 7.58. The van der Waals surface area contributed by atoms with Gasteiger partial charge < -0.3 is 4.74 Å². The van der Waals surface area contributed by atoms with E-state index in [2.05, 4.69) is 62.4 Å². The predicted octanol–water partition coefficient (Wildman–Crippen LogP) is 4.94. The highest BCUT2D eigenvalue weighted by Crippen LogP contribution is 2.38. The Balaban J connectivity index is 1.93. The molecule has 1 aliphatic carbocycles. The molecule has 0 aromatic heterocycles. The molecule has 1 heteroatoms. The van der Waals surface area contributed by atoms with Crippen LogP contribution in [0.3, 0.4) is 0 Å². The molecule has 0 aliphatic heterocycles. The maximum Gasteiger partial charge on any atom is 0.119 e. The van der Waals surface area contributed by atoms with Crippen molar-refractivity contribution in [2.45, 2.75) is 45.1 Å². The van der Waals surface area contributed by atoms with E-state index in [9.17, 15) is 0 Å². The van der Waals surface area contributed by atoms with Crippen molar-refractivity contribution in [3.05, 3.63) is 65.2 Å². The average Bonchev–Trinajstić information content (AvgIpc) is 2.46. The standard InChI is InChI=1S/C19H22O/c1-14(2)20-17-11-12-19-16(13-17)9-6-10-18(19)15-7-4-3-5-8-15/h3-5,7-8,11-14,18H,6,9-10H2,1-2H3. The minimum Gasteiger partial charge on any atom is -0.491 e. The Labute approximate surface area is 121 Å². The molecule has 3 rings (SSSR count). The maximum atomic E-state index is 5.82. The lowest BCUT2D eigenvalue weighted by Crippen LogP contribution is -2.12. The first kappa shape index (κ1) is 13.2. The summed E-state index contributed by atoms with van der Waals surface area (Å²) >= 11 is 0. The van der Waals surface area contributed by atoms with Crippen LogP contribution in [0.4, 0.5) is 0 Å². The van der Waals surface area contributed by atoms with Crippen molar-refractivity contribution in [1.29, 1.82) is 0 Å². The van der Waals surface area contributed by atoms with Crippen LogP contribution in [-0.2, 0) is 6.42 Å². The molecule has 1 unspecified atom stereocenters. The summed E-state index contributed by atoms with van der Waals surface area (Å²) in [5.74, 6) is 1.56. The van der Waals surface area contributed by atoms with Crippen LogP contribution in [0.15, 0.2) is 48.5 Å². The number of ether oxygens (including phenoxy) is 1. The second kappa shape index (κ2) is 5.70. The molecule has 1 aliphatic rings. The lowest BCUT2D eigenvalue weighted by molar-refractivity contribution is 0.242. The Morgan fingerprint density at radius 2 is 1.85 bits per heavy atom. The van der Waals surface area contributed by atoms with E-state index in [1.807, 2.05) is 0 Å². The Morgan fingerprint density at radius 1 is 1.05 bits per heavy atom. The summed E-state index contributed by atoms with van der Waals surface area (Å²) in [6, 6.07) is 17.5. The van der Waals surface area contributed by atoms with Crippen molar-refractivity contribution in [2.75, 3.05) is 0 Å². The Morgan fingerprint density at radius 3 is 2.60 bits per heavy atom. The molecular weight excluding hydrogens is 244 g/mol. The van der Waals surface area contributed by atoms with Crippen LogP contribution in [0.2, 0.25) is 0 Å². The van der Waals surface area contributed by atoms with E-state index >= 15 is 0 Å². The van der Waals surface area contributed by atoms with Gasteiger partial charge in [0.2, 0.25) is 0 Å². The molecule has 0 amide bonds. The smallest absolute Gasteiger partial charge is 0.119 e. The fourth-order valence-corrected chi connectivity index (χ4v) is 3.17. The lowest BCUT2D eigenvalue weighted by Gasteiger charge is -2.26. The van der Waals surface area contributed by atoms with Crippen LogP contribution in [0, 0.1) is 0 Å². The van der Waals surface area contributed by atoms with Crippen LogP contribution in [0.1, 0.15) is 49.3 Å². The van der Waals surface area contributed by atoms with Crippen molar-refractivity contribution >= 4 is 0 Å². The van der Waals surface area contributed by atoms with Gasteiger partial charge in [-0.1, -0.05) is 36.4 Å². The molecule has 0 saturated carbocycles. The van der Waals surface area contributed by atoms with E-state index in [-0.39, 0.29) is 6.10 Å². The normalized spacial score (nSPS) is 17.9. The third-order valence-corrected chi connectivity index (χ3v) is 4.00. The average molecular weight is 266 g/mol. The van der Waals surface area contributed by atoms with Crippen molar-refractivity contribution in [2.24, 2.45) is 0 Å². The summed E-state index contributed by atoms with van der Waals surface area (Å²) in [7, 11) is 0. The summed E-state index contributed by atoms with van der Waals surface area (Å²) in [6.45, 7) is 4.15. The van der Waals surface area contributed by atoms with Gasteiger partial charge in [-0.2, -0.15) is 0 Å². The molecule has 1 nitrogen and oxygen atoms in total. The summed E-state index contributed by atoms with van der Waals surface area (Å²) < 4.78 is 5.82. The van der Waals surface area contributed by atoms with Crippen molar-refractivity contribution in [3.8, 4) is 5.75 Å². The highest BCUT2D eigenvalue weighted by Gasteiger charge is 2.22. The van der Waals surface area contributed by atoms with Crippen LogP contribution in [-0.4, -0.2) is 6.10 Å². The Hall–Kier alpha value is -1.76. The molecule has 0 saturated heterocycles. The van der Waals surface area contributed by atoms with Crippen molar-refractivity contribution < 1.29 is 4.74 Å². The molecule has 2 aromatic carbocycles. The van der Waals surface area contributed by atoms with Gasteiger partial charge in [-0.3, -0.25) is 0 Å². The zero-order valence-corrected chi connectivity index (χ0v) is 12.3. The summed E-state index contributed by atoms with van der Waals surface area (Å²) in [5.41, 5.74) is 4.38. The SMILES string of the molecule is CC(C)Oc1ccc2c(c1)CCCC2c1ccccc1. The first-order chi connectivity index (χ1) is 9.74. The van der Waals surface area contributed by atoms with Crippen LogP contribution in [0.5, 0.6) is 5.75 Å². The van der Waals surface area contributed by atoms with Crippen LogP contribution in [0.25, 0.3) is 0 Å². The van der Waals surface area contributed by atoms with Gasteiger partial charge >= 0.3 is 0 Å². The predicted molar refractivity (Wildman–Crippen MR) is 83.4 cm³/mol. The van der Waals surface area contributed by atoms with Gasteiger partial charge in [-0.25, -0.2) is 0 Å². The molecule has 1 atom stereocenters. The second-order valence-electron chi connectivity index (χ2n) is 5.88. The maximum absolute atomic E-state index is 5.82. The quantitative estimate of drug-likeness (QED) is 0.764. The number of benzene rings is 2. The van der Waals surface area contributed by atoms with E-state index in [1.54, 1.807) is 0 Å². The molecule has 0 heterocycles. The molecule has 0 spiro atoms. The van der Waals surface area contributed by atoms with Gasteiger partial charge in [-0.15, -0.1) is 0 Å². The summed E-state index contributed by atoms with van der Waals surface area (Å²) in [6.07, 6.45) is 3.93. The van der Waals surface area contributed by atoms with Gasteiger partial charge in [0, 0.05) is 5.92 Å². The highest BCUT2D eigenvalue weighted by atomic mass is 16.5. The van der Waals surface area contributed by atoms with E-state index in [1.165, 1.54) is 36.0 Å². The molecule has 0 radical (unpaired) electrons. The van der Waals surface area contributed by atoms with E-state index in [0.29, 0.717) is 5.92 Å². The van der Waals surface area contributed by atoms with Gasteiger partial charge in [0.15, 0.2) is 0 Å². The minimum absolute atomic E-state index is 0.238. The second-order valence-corrected chi connectivity index (χ2v) is 5.88. The molecule has 0 bridgehead atoms. The highest BCUT2D eigenvalue weighted by molar-refractivity contribution is 5.43. The fourth-order valence-electron chi connectivity index (χ4n) is 3.17. The summed E-state index contributed by atoms with van der Waals surface area (Å²) in [5, 5.41) is 0. The van der Waals surface area contributed by atoms with Gasteiger partial charge in [0.05, 0.1) is 6.10 Å². The zero-order valence-electron chi connectivity index (χ0n) is 12.3. The van der Waals surface area contributed by atoms with E-state index < -0.39 is 0 Å². The topological polar surface area (TPSA) is 9.23 Å². The number of hydrogen-bond acceptors (Lipinski definition) is 1. The monoisotopic (exact) mass is 266 g/mol. The Kier molecular flexibility index (Phi) is 3.77. The molecule has 2 aromatic rings. The molecule has 104 valence electrons. The number of hydrogen-bond donors (Lipinski definition) is 0. The zero-order chi connectivity index (χ0) is 13.9. The third kappa shape index (κ3) is 2.72. The lowest BCUT2D eigenvalue weighted by atomic mass is 9.79. The number of aryl methyl sites for hydroxylation is 1. The van der Waals surface area contributed by atoms with Crippen molar-refractivity contribution in [1.82, 2.24) is 0 Å². The number of rotatable bonds is 3. The molecule has 20 heavy (non-hydrogen) atoms. The first-order valence-electron chi connectivity index (χ1n) is 7.58. The molecular formula is C19H22O. The third-order valence-electron chi connectivity index (χ3n) is 4.00. The Bertz CT molecular complexity index is 572. The van der Waals surface area contributed by atoms with Crippen LogP contribution < -0.4 is 4.74 Å². The van der Waals surface area contributed by atoms with Gasteiger partial charge in [0.1, 0.15) is 5.75 Å². The van der Waals surface area contributed by atoms with Gasteiger partial charge in [-0.05, 0) is 61.9 Å². The largest absolute Gasteiger partial charge is 0.491 e. The number of fused-ring (bicyclic) bond motifs is 1. The molecule has 0 N–H and O–H groups in total. The van der Waals surface area contributed by atoms with E-state index in [4.69, 9.17) is 4.74 Å².